The molecular weight excluding hydrogens is 288 g/mol. The van der Waals surface area contributed by atoms with E-state index in [4.69, 9.17) is 4.74 Å². The molecule has 0 spiro atoms. The van der Waals surface area contributed by atoms with Gasteiger partial charge in [0.15, 0.2) is 0 Å². The van der Waals surface area contributed by atoms with Crippen LogP contribution in [-0.4, -0.2) is 14.9 Å². The van der Waals surface area contributed by atoms with Gasteiger partial charge in [0, 0.05) is 0 Å². The number of hydrogen-bond acceptors (Lipinski definition) is 3. The number of aryl methyl sites for hydroxylation is 1. The minimum Gasteiger partial charge on any atom is -0.487 e. The summed E-state index contributed by atoms with van der Waals surface area (Å²) in [5.41, 5.74) is 3.84. The number of benzene rings is 2. The van der Waals surface area contributed by atoms with Crippen LogP contribution in [0.25, 0.3) is 5.69 Å². The maximum absolute atomic E-state index is 9.54. The Kier molecular flexibility index (Phi) is 4.44. The Labute approximate surface area is 136 Å². The maximum Gasteiger partial charge on any atom is 0.130 e. The van der Waals surface area contributed by atoms with Gasteiger partial charge >= 0.3 is 0 Å². The Morgan fingerprint density at radius 3 is 2.43 bits per heavy atom. The van der Waals surface area contributed by atoms with Gasteiger partial charge in [-0.2, -0.15) is 5.10 Å². The molecule has 1 N–H and O–H groups in total. The predicted octanol–water partition coefficient (Wildman–Crippen LogP) is 3.81. The molecule has 1 unspecified atom stereocenters. The first kappa shape index (κ1) is 15.3. The zero-order valence-electron chi connectivity index (χ0n) is 13.3. The second-order valence-electron chi connectivity index (χ2n) is 5.56. The van der Waals surface area contributed by atoms with Gasteiger partial charge in [-0.1, -0.05) is 30.3 Å². The van der Waals surface area contributed by atoms with Crippen LogP contribution in [0.4, 0.5) is 0 Å². The molecule has 0 saturated carbocycles. The number of hydrogen-bond donors (Lipinski definition) is 1. The Morgan fingerprint density at radius 1 is 1.09 bits per heavy atom. The Bertz CT molecular complexity index is 762. The van der Waals surface area contributed by atoms with E-state index in [0.29, 0.717) is 6.61 Å². The predicted molar refractivity (Wildman–Crippen MR) is 89.7 cm³/mol. The van der Waals surface area contributed by atoms with Crippen LogP contribution in [0.5, 0.6) is 5.75 Å². The molecule has 23 heavy (non-hydrogen) atoms. The topological polar surface area (TPSA) is 47.3 Å². The highest BCUT2D eigenvalue weighted by atomic mass is 16.5. The lowest BCUT2D eigenvalue weighted by Crippen LogP contribution is -2.05. The van der Waals surface area contributed by atoms with Crippen molar-refractivity contribution < 1.29 is 9.84 Å². The third-order valence-corrected chi connectivity index (χ3v) is 3.66. The minimum absolute atomic E-state index is 0.434. The molecule has 0 aliphatic heterocycles. The molecule has 0 radical (unpaired) electrons. The minimum atomic E-state index is -0.466. The van der Waals surface area contributed by atoms with Crippen LogP contribution in [0.3, 0.4) is 0 Å². The summed E-state index contributed by atoms with van der Waals surface area (Å²) >= 11 is 0. The van der Waals surface area contributed by atoms with E-state index in [9.17, 15) is 5.11 Å². The second kappa shape index (κ2) is 6.67. The molecule has 0 fully saturated rings. The van der Waals surface area contributed by atoms with Crippen molar-refractivity contribution in [3.05, 3.63) is 77.6 Å². The van der Waals surface area contributed by atoms with Crippen molar-refractivity contribution in [1.82, 2.24) is 9.78 Å². The first-order chi connectivity index (χ1) is 11.1. The quantitative estimate of drug-likeness (QED) is 0.779. The van der Waals surface area contributed by atoms with Crippen LogP contribution in [0.1, 0.15) is 30.0 Å². The third kappa shape index (κ3) is 3.60. The van der Waals surface area contributed by atoms with Gasteiger partial charge in [-0.3, -0.25) is 0 Å². The van der Waals surface area contributed by atoms with Gasteiger partial charge in [0.05, 0.1) is 23.2 Å². The molecule has 2 aromatic carbocycles. The lowest BCUT2D eigenvalue weighted by atomic mass is 10.1. The first-order valence-electron chi connectivity index (χ1n) is 7.65. The van der Waals surface area contributed by atoms with Crippen LogP contribution < -0.4 is 4.74 Å². The third-order valence-electron chi connectivity index (χ3n) is 3.66. The standard InChI is InChI=1S/C19H20N2O2/c1-14-12-18(21(20-14)17-6-4-3-5-7-17)13-23-19-10-8-16(9-11-19)15(2)22/h3-12,15,22H,13H2,1-2H3. The summed E-state index contributed by atoms with van der Waals surface area (Å²) in [7, 11) is 0. The lowest BCUT2D eigenvalue weighted by molar-refractivity contribution is 0.199. The zero-order chi connectivity index (χ0) is 16.2. The number of ether oxygens (including phenoxy) is 1. The summed E-state index contributed by atoms with van der Waals surface area (Å²) in [6.45, 7) is 4.15. The second-order valence-corrected chi connectivity index (χ2v) is 5.56. The summed E-state index contributed by atoms with van der Waals surface area (Å²) in [5, 5.41) is 14.1. The average molecular weight is 308 g/mol. The average Bonchev–Trinajstić information content (AvgIpc) is 2.95. The van der Waals surface area contributed by atoms with Crippen LogP contribution in [0.2, 0.25) is 0 Å². The SMILES string of the molecule is Cc1cc(COc2ccc(C(C)O)cc2)n(-c2ccccc2)n1. The molecule has 1 aromatic heterocycles. The largest absolute Gasteiger partial charge is 0.487 e. The summed E-state index contributed by atoms with van der Waals surface area (Å²) < 4.78 is 7.76. The number of para-hydroxylation sites is 1. The van der Waals surface area contributed by atoms with Crippen LogP contribution >= 0.6 is 0 Å². The van der Waals surface area contributed by atoms with E-state index in [-0.39, 0.29) is 0 Å². The molecule has 1 atom stereocenters. The monoisotopic (exact) mass is 308 g/mol. The zero-order valence-corrected chi connectivity index (χ0v) is 13.3. The van der Waals surface area contributed by atoms with E-state index in [2.05, 4.69) is 5.10 Å². The Morgan fingerprint density at radius 2 is 1.78 bits per heavy atom. The van der Waals surface area contributed by atoms with E-state index in [1.807, 2.05) is 72.3 Å². The highest BCUT2D eigenvalue weighted by Crippen LogP contribution is 2.19. The van der Waals surface area contributed by atoms with E-state index < -0.39 is 6.10 Å². The van der Waals surface area contributed by atoms with Crippen molar-refractivity contribution in [3.63, 3.8) is 0 Å². The fourth-order valence-corrected chi connectivity index (χ4v) is 2.45. The van der Waals surface area contributed by atoms with Crippen molar-refractivity contribution >= 4 is 0 Å². The van der Waals surface area contributed by atoms with E-state index >= 15 is 0 Å². The maximum atomic E-state index is 9.54. The van der Waals surface area contributed by atoms with Gasteiger partial charge in [0.2, 0.25) is 0 Å². The van der Waals surface area contributed by atoms with Crippen LogP contribution in [0.15, 0.2) is 60.7 Å². The smallest absolute Gasteiger partial charge is 0.130 e. The summed E-state index contributed by atoms with van der Waals surface area (Å²) in [5.74, 6) is 0.771. The fraction of sp³-hybridized carbons (Fsp3) is 0.211. The van der Waals surface area contributed by atoms with E-state index in [1.54, 1.807) is 6.92 Å². The molecule has 0 aliphatic rings. The first-order valence-corrected chi connectivity index (χ1v) is 7.65. The van der Waals surface area contributed by atoms with Gasteiger partial charge < -0.3 is 9.84 Å². The lowest BCUT2D eigenvalue weighted by Gasteiger charge is -2.10. The molecule has 0 amide bonds. The molecule has 3 rings (SSSR count). The van der Waals surface area contributed by atoms with Crippen molar-refractivity contribution in [2.45, 2.75) is 26.6 Å². The van der Waals surface area contributed by atoms with Crippen LogP contribution in [-0.2, 0) is 6.61 Å². The molecule has 118 valence electrons. The molecule has 4 nitrogen and oxygen atoms in total. The molecule has 0 saturated heterocycles. The normalized spacial score (nSPS) is 12.1. The number of aliphatic hydroxyl groups excluding tert-OH is 1. The number of aromatic nitrogens is 2. The highest BCUT2D eigenvalue weighted by Gasteiger charge is 2.08. The van der Waals surface area contributed by atoms with Crippen molar-refractivity contribution in [1.29, 1.82) is 0 Å². The number of aliphatic hydroxyl groups is 1. The van der Waals surface area contributed by atoms with Gasteiger partial charge in [0.1, 0.15) is 12.4 Å². The number of nitrogens with zero attached hydrogens (tertiary/aromatic N) is 2. The fourth-order valence-electron chi connectivity index (χ4n) is 2.45. The van der Waals surface area contributed by atoms with Crippen molar-refractivity contribution in [2.75, 3.05) is 0 Å². The number of rotatable bonds is 5. The molecule has 1 heterocycles. The molecule has 4 heteroatoms. The van der Waals surface area contributed by atoms with Crippen molar-refractivity contribution in [2.24, 2.45) is 0 Å². The molecular formula is C19H20N2O2. The summed E-state index contributed by atoms with van der Waals surface area (Å²) in [6, 6.07) is 19.5. The molecule has 0 aliphatic carbocycles. The van der Waals surface area contributed by atoms with Gasteiger partial charge in [-0.25, -0.2) is 4.68 Å². The van der Waals surface area contributed by atoms with Gasteiger partial charge in [-0.15, -0.1) is 0 Å². The van der Waals surface area contributed by atoms with Gasteiger partial charge in [-0.05, 0) is 49.7 Å². The molecule has 0 bridgehead atoms. The van der Waals surface area contributed by atoms with E-state index in [1.165, 1.54) is 0 Å². The molecule has 3 aromatic rings. The summed E-state index contributed by atoms with van der Waals surface area (Å²) in [6.07, 6.45) is -0.466. The van der Waals surface area contributed by atoms with Gasteiger partial charge in [0.25, 0.3) is 0 Å². The van der Waals surface area contributed by atoms with E-state index in [0.717, 1.165) is 28.4 Å². The summed E-state index contributed by atoms with van der Waals surface area (Å²) in [4.78, 5) is 0. The highest BCUT2D eigenvalue weighted by molar-refractivity contribution is 5.33. The van der Waals surface area contributed by atoms with Crippen LogP contribution in [0, 0.1) is 6.92 Å². The van der Waals surface area contributed by atoms with Crippen molar-refractivity contribution in [3.8, 4) is 11.4 Å². The Balaban J connectivity index is 1.76. The Hall–Kier alpha value is -2.59.